The Morgan fingerprint density at radius 1 is 0.972 bits per heavy atom. The van der Waals surface area contributed by atoms with Gasteiger partial charge in [0.1, 0.15) is 5.56 Å². The number of nitrogens with zero attached hydrogens (tertiary/aromatic N) is 2. The topological polar surface area (TPSA) is 92.6 Å². The van der Waals surface area contributed by atoms with E-state index in [4.69, 9.17) is 11.6 Å². The molecule has 0 aliphatic rings. The predicted molar refractivity (Wildman–Crippen MR) is 128 cm³/mol. The summed E-state index contributed by atoms with van der Waals surface area (Å²) in [5.74, 6) is -1.43. The predicted octanol–water partition coefficient (Wildman–Crippen LogP) is 6.52. The summed E-state index contributed by atoms with van der Waals surface area (Å²) in [6.07, 6.45) is -4.60. The van der Waals surface area contributed by atoms with Gasteiger partial charge in [-0.05, 0) is 56.7 Å². The van der Waals surface area contributed by atoms with E-state index in [1.807, 2.05) is 0 Å². The molecule has 0 aromatic heterocycles. The van der Waals surface area contributed by atoms with E-state index >= 15 is 0 Å². The van der Waals surface area contributed by atoms with E-state index in [-0.39, 0.29) is 21.7 Å². The number of amides is 2. The Morgan fingerprint density at radius 2 is 1.61 bits per heavy atom. The molecule has 36 heavy (non-hydrogen) atoms. The van der Waals surface area contributed by atoms with Crippen LogP contribution in [0.4, 0.5) is 18.9 Å². The highest BCUT2D eigenvalue weighted by Crippen LogP contribution is 2.37. The molecule has 7 nitrogen and oxygen atoms in total. The van der Waals surface area contributed by atoms with Crippen molar-refractivity contribution in [3.05, 3.63) is 98.6 Å². The van der Waals surface area contributed by atoms with Gasteiger partial charge in [0.05, 0.1) is 16.0 Å². The van der Waals surface area contributed by atoms with E-state index in [0.29, 0.717) is 5.56 Å². The fourth-order valence-corrected chi connectivity index (χ4v) is 3.65. The minimum absolute atomic E-state index is 0.121. The van der Waals surface area contributed by atoms with Crippen LogP contribution in [0, 0.1) is 10.1 Å². The first-order chi connectivity index (χ1) is 16.7. The molecule has 3 aromatic rings. The van der Waals surface area contributed by atoms with Gasteiger partial charge in [-0.3, -0.25) is 25.1 Å². The van der Waals surface area contributed by atoms with Crippen LogP contribution in [0.25, 0.3) is 11.1 Å². The molecule has 0 heterocycles. The number of benzene rings is 3. The average Bonchev–Trinajstić information content (AvgIpc) is 2.80. The van der Waals surface area contributed by atoms with Crippen LogP contribution in [0.3, 0.4) is 0 Å². The summed E-state index contributed by atoms with van der Waals surface area (Å²) in [6, 6.07) is 14.3. The van der Waals surface area contributed by atoms with Crippen molar-refractivity contribution in [3.63, 3.8) is 0 Å². The lowest BCUT2D eigenvalue weighted by Gasteiger charge is -2.35. The van der Waals surface area contributed by atoms with Gasteiger partial charge in [0.15, 0.2) is 0 Å². The molecule has 3 rings (SSSR count). The van der Waals surface area contributed by atoms with Crippen molar-refractivity contribution >= 4 is 29.1 Å². The molecule has 11 heteroatoms. The van der Waals surface area contributed by atoms with Gasteiger partial charge in [0.2, 0.25) is 0 Å². The molecular formula is C25H21ClF3N3O4. The number of alkyl halides is 3. The highest BCUT2D eigenvalue weighted by atomic mass is 35.5. The SMILES string of the molecule is CC(C)(C)N(NC(=O)c1ccc(-c2ccc(C(F)(F)F)cc2Cl)cc1[N+](=O)[O-])C(=O)c1ccccc1. The molecule has 0 radical (unpaired) electrons. The quantitative estimate of drug-likeness (QED) is 0.314. The van der Waals surface area contributed by atoms with E-state index in [2.05, 4.69) is 5.43 Å². The van der Waals surface area contributed by atoms with Crippen molar-refractivity contribution in [1.82, 2.24) is 10.4 Å². The van der Waals surface area contributed by atoms with Crippen LogP contribution in [-0.4, -0.2) is 27.3 Å². The number of rotatable bonds is 4. The molecule has 0 bridgehead atoms. The van der Waals surface area contributed by atoms with Crippen LogP contribution in [-0.2, 0) is 6.18 Å². The van der Waals surface area contributed by atoms with Crippen LogP contribution in [0.5, 0.6) is 0 Å². The first-order valence-corrected chi connectivity index (χ1v) is 10.9. The fraction of sp³-hybridized carbons (Fsp3) is 0.200. The van der Waals surface area contributed by atoms with Gasteiger partial charge >= 0.3 is 6.18 Å². The van der Waals surface area contributed by atoms with Gasteiger partial charge in [-0.1, -0.05) is 41.9 Å². The van der Waals surface area contributed by atoms with Gasteiger partial charge in [-0.25, -0.2) is 5.01 Å². The third-order valence-corrected chi connectivity index (χ3v) is 5.47. The zero-order valence-corrected chi connectivity index (χ0v) is 20.1. The number of nitro groups is 1. The standard InChI is InChI=1S/C25H21ClF3N3O4/c1-24(2,3)31(23(34)15-7-5-4-6-8-15)30-22(33)19-11-9-16(13-21(19)32(35)36)18-12-10-17(14-20(18)26)25(27,28)29/h4-14H,1-3H3,(H,30,33). The molecule has 1 N–H and O–H groups in total. The van der Waals surface area contributed by atoms with Crippen LogP contribution in [0.1, 0.15) is 47.1 Å². The maximum Gasteiger partial charge on any atom is 0.416 e. The van der Waals surface area contributed by atoms with Crippen molar-refractivity contribution in [3.8, 4) is 11.1 Å². The Labute approximate surface area is 209 Å². The zero-order valence-electron chi connectivity index (χ0n) is 19.4. The Hall–Kier alpha value is -3.92. The molecule has 2 amide bonds. The van der Waals surface area contributed by atoms with Gasteiger partial charge in [0, 0.05) is 22.2 Å². The summed E-state index contributed by atoms with van der Waals surface area (Å²) in [6.45, 7) is 5.04. The summed E-state index contributed by atoms with van der Waals surface area (Å²) < 4.78 is 38.8. The molecule has 0 fully saturated rings. The van der Waals surface area contributed by atoms with Crippen LogP contribution >= 0.6 is 11.6 Å². The number of hydrogen-bond donors (Lipinski definition) is 1. The van der Waals surface area contributed by atoms with E-state index < -0.39 is 39.7 Å². The Bertz CT molecular complexity index is 1320. The van der Waals surface area contributed by atoms with Gasteiger partial charge in [0.25, 0.3) is 17.5 Å². The number of hydrazine groups is 1. The first kappa shape index (κ1) is 26.7. The lowest BCUT2D eigenvalue weighted by Crippen LogP contribution is -2.55. The van der Waals surface area contributed by atoms with Crippen molar-refractivity contribution in [2.45, 2.75) is 32.5 Å². The van der Waals surface area contributed by atoms with Crippen molar-refractivity contribution < 1.29 is 27.7 Å². The summed E-state index contributed by atoms with van der Waals surface area (Å²) in [5, 5.41) is 12.6. The molecule has 0 spiro atoms. The zero-order chi connectivity index (χ0) is 26.8. The fourth-order valence-electron chi connectivity index (χ4n) is 3.36. The Morgan fingerprint density at radius 3 is 2.14 bits per heavy atom. The summed E-state index contributed by atoms with van der Waals surface area (Å²) in [4.78, 5) is 37.1. The molecule has 0 aliphatic carbocycles. The van der Waals surface area contributed by atoms with E-state index in [1.54, 1.807) is 51.1 Å². The minimum atomic E-state index is -4.60. The monoisotopic (exact) mass is 519 g/mol. The highest BCUT2D eigenvalue weighted by molar-refractivity contribution is 6.33. The summed E-state index contributed by atoms with van der Waals surface area (Å²) in [5.41, 5.74) is 0.211. The number of carbonyl (C=O) groups is 2. The number of nitro benzene ring substituents is 1. The second kappa shape index (κ2) is 9.98. The molecule has 0 saturated heterocycles. The lowest BCUT2D eigenvalue weighted by atomic mass is 10.0. The average molecular weight is 520 g/mol. The van der Waals surface area contributed by atoms with Crippen molar-refractivity contribution in [2.24, 2.45) is 0 Å². The second-order valence-electron chi connectivity index (χ2n) is 8.80. The molecule has 0 unspecified atom stereocenters. The second-order valence-corrected chi connectivity index (χ2v) is 9.21. The smallest absolute Gasteiger partial charge is 0.267 e. The van der Waals surface area contributed by atoms with E-state index in [0.717, 1.165) is 35.3 Å². The maximum atomic E-state index is 13.1. The first-order valence-electron chi connectivity index (χ1n) is 10.6. The normalized spacial score (nSPS) is 11.6. The number of hydrogen-bond acceptors (Lipinski definition) is 4. The molecular weight excluding hydrogens is 499 g/mol. The number of nitrogens with one attached hydrogen (secondary N) is 1. The van der Waals surface area contributed by atoms with Gasteiger partial charge < -0.3 is 0 Å². The van der Waals surface area contributed by atoms with Crippen LogP contribution in [0.2, 0.25) is 5.02 Å². The van der Waals surface area contributed by atoms with Gasteiger partial charge in [-0.2, -0.15) is 13.2 Å². The molecule has 0 atom stereocenters. The van der Waals surface area contributed by atoms with Crippen molar-refractivity contribution in [2.75, 3.05) is 0 Å². The Balaban J connectivity index is 1.98. The van der Waals surface area contributed by atoms with E-state index in [1.165, 1.54) is 6.07 Å². The number of carbonyl (C=O) groups excluding carboxylic acids is 2. The van der Waals surface area contributed by atoms with Crippen LogP contribution in [0.15, 0.2) is 66.7 Å². The molecule has 188 valence electrons. The molecule has 0 aliphatic heterocycles. The lowest BCUT2D eigenvalue weighted by molar-refractivity contribution is -0.385. The third-order valence-electron chi connectivity index (χ3n) is 5.15. The van der Waals surface area contributed by atoms with Crippen molar-refractivity contribution in [1.29, 1.82) is 0 Å². The highest BCUT2D eigenvalue weighted by Gasteiger charge is 2.33. The summed E-state index contributed by atoms with van der Waals surface area (Å²) in [7, 11) is 0. The number of halogens is 4. The minimum Gasteiger partial charge on any atom is -0.267 e. The van der Waals surface area contributed by atoms with Gasteiger partial charge in [-0.15, -0.1) is 0 Å². The summed E-state index contributed by atoms with van der Waals surface area (Å²) >= 11 is 6.02. The van der Waals surface area contributed by atoms with E-state index in [9.17, 15) is 32.9 Å². The molecule has 3 aromatic carbocycles. The van der Waals surface area contributed by atoms with Crippen LogP contribution < -0.4 is 5.43 Å². The molecule has 0 saturated carbocycles. The maximum absolute atomic E-state index is 13.1. The third kappa shape index (κ3) is 5.83. The largest absolute Gasteiger partial charge is 0.416 e. The Kier molecular flexibility index (Phi) is 7.40.